The molecule has 0 amide bonds. The lowest BCUT2D eigenvalue weighted by molar-refractivity contribution is -0.162. The van der Waals surface area contributed by atoms with Gasteiger partial charge in [-0.05, 0) is 80.1 Å². The Morgan fingerprint density at radius 2 is 1.73 bits per heavy atom. The van der Waals surface area contributed by atoms with E-state index in [1.807, 2.05) is 6.08 Å². The third-order valence-corrected chi connectivity index (χ3v) is 9.28. The molecule has 144 valence electrons. The second kappa shape index (κ2) is 5.31. The molecule has 0 unspecified atom stereocenters. The molecule has 26 heavy (non-hydrogen) atoms. The van der Waals surface area contributed by atoms with E-state index in [2.05, 4.69) is 27.7 Å². The molecule has 3 nitrogen and oxygen atoms in total. The first-order valence-electron chi connectivity index (χ1n) is 10.4. The molecule has 4 aliphatic carbocycles. The van der Waals surface area contributed by atoms with E-state index in [-0.39, 0.29) is 27.8 Å². The van der Waals surface area contributed by atoms with Gasteiger partial charge in [0.15, 0.2) is 11.6 Å². The third kappa shape index (κ3) is 2.10. The number of fused-ring (bicyclic) bond motifs is 5. The Bertz CT molecular complexity index is 704. The average Bonchev–Trinajstić information content (AvgIpc) is 2.82. The SMILES string of the molecule is CC(=O)[C@@]1(O)CC[C@H]2[C@@H]3CC(C)(C)C4=CC(=O)CC[C@]4(C)[C@H]3CC[C@@]21C. The van der Waals surface area contributed by atoms with Crippen LogP contribution in [0.25, 0.3) is 0 Å². The number of carbonyl (C=O) groups excluding carboxylic acids is 2. The first kappa shape index (κ1) is 18.4. The fourth-order valence-electron chi connectivity index (χ4n) is 7.93. The number of hydrogen-bond donors (Lipinski definition) is 1. The summed E-state index contributed by atoms with van der Waals surface area (Å²) in [6.07, 6.45) is 8.22. The molecule has 4 aliphatic rings. The molecular formula is C23H34O3. The van der Waals surface area contributed by atoms with E-state index in [4.69, 9.17) is 0 Å². The zero-order valence-electron chi connectivity index (χ0n) is 17.0. The predicted molar refractivity (Wildman–Crippen MR) is 102 cm³/mol. The highest BCUT2D eigenvalue weighted by Gasteiger charge is 2.67. The van der Waals surface area contributed by atoms with Gasteiger partial charge in [0, 0.05) is 11.8 Å². The van der Waals surface area contributed by atoms with Gasteiger partial charge in [-0.25, -0.2) is 0 Å². The van der Waals surface area contributed by atoms with Crippen LogP contribution >= 0.6 is 0 Å². The number of Topliss-reactive ketones (excluding diaryl/α,β-unsaturated/α-hetero) is 1. The van der Waals surface area contributed by atoms with E-state index in [1.165, 1.54) is 5.57 Å². The molecule has 1 N–H and O–H groups in total. The van der Waals surface area contributed by atoms with Crippen molar-refractivity contribution in [2.24, 2.45) is 34.0 Å². The van der Waals surface area contributed by atoms with Crippen LogP contribution in [0.1, 0.15) is 79.6 Å². The van der Waals surface area contributed by atoms with Crippen molar-refractivity contribution in [2.75, 3.05) is 0 Å². The van der Waals surface area contributed by atoms with E-state index >= 15 is 0 Å². The van der Waals surface area contributed by atoms with Crippen LogP contribution in [-0.2, 0) is 9.59 Å². The molecule has 0 aliphatic heterocycles. The van der Waals surface area contributed by atoms with Crippen LogP contribution in [0.4, 0.5) is 0 Å². The normalized spacial score (nSPS) is 49.7. The van der Waals surface area contributed by atoms with E-state index in [0.717, 1.165) is 32.1 Å². The molecule has 0 aromatic heterocycles. The van der Waals surface area contributed by atoms with Gasteiger partial charge in [0.1, 0.15) is 5.60 Å². The Morgan fingerprint density at radius 1 is 1.08 bits per heavy atom. The number of carbonyl (C=O) groups is 2. The van der Waals surface area contributed by atoms with Gasteiger partial charge in [-0.2, -0.15) is 0 Å². The number of aliphatic hydroxyl groups is 1. The first-order chi connectivity index (χ1) is 12.0. The van der Waals surface area contributed by atoms with Gasteiger partial charge in [-0.15, -0.1) is 0 Å². The molecule has 4 rings (SSSR count). The minimum absolute atomic E-state index is 0.0151. The molecular weight excluding hydrogens is 324 g/mol. The molecule has 0 saturated heterocycles. The van der Waals surface area contributed by atoms with Crippen LogP contribution in [-0.4, -0.2) is 22.3 Å². The summed E-state index contributed by atoms with van der Waals surface area (Å²) in [5.74, 6) is 1.75. The van der Waals surface area contributed by atoms with Gasteiger partial charge in [-0.3, -0.25) is 9.59 Å². The lowest BCUT2D eigenvalue weighted by Gasteiger charge is -2.62. The lowest BCUT2D eigenvalue weighted by Crippen LogP contribution is -2.59. The topological polar surface area (TPSA) is 54.4 Å². The van der Waals surface area contributed by atoms with Crippen molar-refractivity contribution in [1.82, 2.24) is 0 Å². The summed E-state index contributed by atoms with van der Waals surface area (Å²) in [7, 11) is 0. The van der Waals surface area contributed by atoms with Crippen LogP contribution in [0.3, 0.4) is 0 Å². The summed E-state index contributed by atoms with van der Waals surface area (Å²) in [6.45, 7) is 10.7. The van der Waals surface area contributed by atoms with Crippen LogP contribution in [0.15, 0.2) is 11.6 Å². The van der Waals surface area contributed by atoms with Crippen LogP contribution in [0.2, 0.25) is 0 Å². The number of hydrogen-bond acceptors (Lipinski definition) is 3. The monoisotopic (exact) mass is 358 g/mol. The van der Waals surface area contributed by atoms with Crippen molar-refractivity contribution in [2.45, 2.75) is 85.2 Å². The smallest absolute Gasteiger partial charge is 0.161 e. The van der Waals surface area contributed by atoms with Crippen molar-refractivity contribution < 1.29 is 14.7 Å². The highest BCUT2D eigenvalue weighted by Crippen LogP contribution is 2.70. The molecule has 6 atom stereocenters. The molecule has 3 fully saturated rings. The largest absolute Gasteiger partial charge is 0.382 e. The quantitative estimate of drug-likeness (QED) is 0.752. The Morgan fingerprint density at radius 3 is 2.38 bits per heavy atom. The van der Waals surface area contributed by atoms with Crippen molar-refractivity contribution in [3.05, 3.63) is 11.6 Å². The summed E-state index contributed by atoms with van der Waals surface area (Å²) in [4.78, 5) is 24.5. The van der Waals surface area contributed by atoms with E-state index in [1.54, 1.807) is 6.92 Å². The van der Waals surface area contributed by atoms with Gasteiger partial charge in [0.05, 0.1) is 0 Å². The maximum Gasteiger partial charge on any atom is 0.161 e. The summed E-state index contributed by atoms with van der Waals surface area (Å²) in [5.41, 5.74) is 0.0375. The molecule has 0 aromatic carbocycles. The fourth-order valence-corrected chi connectivity index (χ4v) is 7.93. The van der Waals surface area contributed by atoms with E-state index < -0.39 is 5.60 Å². The highest BCUT2D eigenvalue weighted by atomic mass is 16.3. The van der Waals surface area contributed by atoms with Crippen LogP contribution < -0.4 is 0 Å². The van der Waals surface area contributed by atoms with Crippen LogP contribution in [0.5, 0.6) is 0 Å². The maximum atomic E-state index is 12.3. The van der Waals surface area contributed by atoms with Gasteiger partial charge in [-0.1, -0.05) is 33.3 Å². The minimum atomic E-state index is -1.15. The average molecular weight is 359 g/mol. The van der Waals surface area contributed by atoms with Crippen molar-refractivity contribution >= 4 is 11.6 Å². The zero-order chi connectivity index (χ0) is 19.1. The highest BCUT2D eigenvalue weighted by molar-refractivity contribution is 5.92. The second-order valence-corrected chi connectivity index (χ2v) is 10.8. The Labute approximate surface area is 157 Å². The maximum absolute atomic E-state index is 12.3. The van der Waals surface area contributed by atoms with Gasteiger partial charge in [0.2, 0.25) is 0 Å². The van der Waals surface area contributed by atoms with Crippen molar-refractivity contribution in [1.29, 1.82) is 0 Å². The predicted octanol–water partition coefficient (Wildman–Crippen LogP) is 4.47. The second-order valence-electron chi connectivity index (χ2n) is 10.8. The molecule has 3 heteroatoms. The first-order valence-corrected chi connectivity index (χ1v) is 10.4. The molecule has 3 saturated carbocycles. The molecule has 0 heterocycles. The van der Waals surface area contributed by atoms with Gasteiger partial charge >= 0.3 is 0 Å². The summed E-state index contributed by atoms with van der Waals surface area (Å²) in [5, 5.41) is 11.3. The van der Waals surface area contributed by atoms with Crippen LogP contribution in [0, 0.1) is 34.0 Å². The minimum Gasteiger partial charge on any atom is -0.382 e. The molecule has 0 spiro atoms. The fraction of sp³-hybridized carbons (Fsp3) is 0.826. The summed E-state index contributed by atoms with van der Waals surface area (Å²) in [6, 6.07) is 0. The molecule has 0 radical (unpaired) electrons. The Balaban J connectivity index is 1.78. The molecule has 0 bridgehead atoms. The molecule has 0 aromatic rings. The van der Waals surface area contributed by atoms with Crippen molar-refractivity contribution in [3.63, 3.8) is 0 Å². The van der Waals surface area contributed by atoms with Crippen molar-refractivity contribution in [3.8, 4) is 0 Å². The summed E-state index contributed by atoms with van der Waals surface area (Å²) >= 11 is 0. The lowest BCUT2D eigenvalue weighted by atomic mass is 9.42. The van der Waals surface area contributed by atoms with E-state index in [9.17, 15) is 14.7 Å². The number of ketones is 2. The standard InChI is InChI=1S/C23H34O3/c1-14(24)23(26)11-8-18-16-13-20(2,3)19-12-15(25)6-9-21(19,4)17(16)7-10-22(18,23)5/h12,16-18,26H,6-11,13H2,1-5H3/t16-,17+,18+,21-,22+,23+/m1/s1. The Hall–Kier alpha value is -0.960. The third-order valence-electron chi connectivity index (χ3n) is 9.28. The summed E-state index contributed by atoms with van der Waals surface area (Å²) < 4.78 is 0. The number of rotatable bonds is 1. The number of allylic oxidation sites excluding steroid dienone is 1. The van der Waals surface area contributed by atoms with E-state index in [0.29, 0.717) is 30.6 Å². The Kier molecular flexibility index (Phi) is 3.76. The zero-order valence-corrected chi connectivity index (χ0v) is 17.0. The van der Waals surface area contributed by atoms with Gasteiger partial charge in [0.25, 0.3) is 0 Å². The van der Waals surface area contributed by atoms with Gasteiger partial charge < -0.3 is 5.11 Å².